The first-order valence-corrected chi connectivity index (χ1v) is 44.5. The number of nitrogens with zero attached hydrogens (tertiary/aromatic N) is 2. The second kappa shape index (κ2) is 50.3. The summed E-state index contributed by atoms with van der Waals surface area (Å²) >= 11 is 3.25. The van der Waals surface area contributed by atoms with Gasteiger partial charge in [0.25, 0.3) is 0 Å². The fourth-order valence-electron chi connectivity index (χ4n) is 12.8. The van der Waals surface area contributed by atoms with E-state index in [-0.39, 0.29) is 27.8 Å². The van der Waals surface area contributed by atoms with Crippen LogP contribution in [0.3, 0.4) is 0 Å². The molecule has 4 nitrogen and oxygen atoms in total. The van der Waals surface area contributed by atoms with Gasteiger partial charge in [-0.3, -0.25) is 9.97 Å². The predicted octanol–water partition coefficient (Wildman–Crippen LogP) is 21.7. The van der Waals surface area contributed by atoms with Crippen molar-refractivity contribution in [3.05, 3.63) is 527 Å². The average Bonchev–Trinajstić information content (AvgIpc) is 0.833. The van der Waals surface area contributed by atoms with Crippen LogP contribution >= 0.6 is 47.6 Å². The third-order valence-electron chi connectivity index (χ3n) is 18.1. The van der Waals surface area contributed by atoms with Gasteiger partial charge in [-0.25, -0.2) is 0 Å². The third kappa shape index (κ3) is 27.4. The molecule has 0 amide bonds. The first-order chi connectivity index (χ1) is 57.4. The molecule has 0 aliphatic heterocycles. The maximum Gasteiger partial charge on any atom is 0.489 e. The summed E-state index contributed by atoms with van der Waals surface area (Å²) in [6, 6.07) is 173. The van der Waals surface area contributed by atoms with E-state index in [0.717, 1.165) is 21.2 Å². The summed E-state index contributed by atoms with van der Waals surface area (Å²) in [5, 5.41) is 35.2. The van der Waals surface area contributed by atoms with Crippen LogP contribution in [0.4, 0.5) is 0 Å². The molecule has 0 aliphatic carbocycles. The summed E-state index contributed by atoms with van der Waals surface area (Å²) in [4.78, 5) is 8.03. The van der Waals surface area contributed by atoms with Crippen LogP contribution < -0.4 is 69.1 Å². The monoisotopic (exact) mass is 1760 g/mol. The Hall–Kier alpha value is -11.3. The minimum atomic E-state index is -1.43. The molecular formula is C107H92BBrN2O2P4Pd. The van der Waals surface area contributed by atoms with Gasteiger partial charge in [-0.1, -0.05) is 487 Å². The maximum atomic E-state index is 9.22. The molecule has 18 aromatic rings. The quantitative estimate of drug-likeness (QED) is 0.0747. The average molecular weight is 1760 g/mol. The molecule has 118 heavy (non-hydrogen) atoms. The number of aromatic nitrogens is 2. The van der Waals surface area contributed by atoms with Gasteiger partial charge in [0.05, 0.1) is 0 Å². The Labute approximate surface area is 725 Å². The van der Waals surface area contributed by atoms with Crippen LogP contribution in [0, 0.1) is 0 Å². The molecule has 2 heterocycles. The number of rotatable bonds is 16. The van der Waals surface area contributed by atoms with Gasteiger partial charge in [0, 0.05) is 55.2 Å². The van der Waals surface area contributed by atoms with E-state index in [9.17, 15) is 10.0 Å². The van der Waals surface area contributed by atoms with Crippen molar-refractivity contribution in [1.82, 2.24) is 9.97 Å². The van der Waals surface area contributed by atoms with Gasteiger partial charge in [-0.05, 0) is 163 Å². The van der Waals surface area contributed by atoms with Crippen molar-refractivity contribution in [1.29, 1.82) is 0 Å². The molecule has 0 unspecified atom stereocenters. The van der Waals surface area contributed by atoms with Crippen molar-refractivity contribution in [2.45, 2.75) is 7.43 Å². The number of benzene rings is 16. The van der Waals surface area contributed by atoms with Crippen molar-refractivity contribution >= 4 is 124 Å². The Morgan fingerprint density at radius 2 is 0.373 bits per heavy atom. The molecule has 0 spiro atoms. The van der Waals surface area contributed by atoms with Crippen LogP contribution in [0.15, 0.2) is 527 Å². The number of halogens is 1. The van der Waals surface area contributed by atoms with Crippen LogP contribution in [0.2, 0.25) is 0 Å². The molecule has 2 N–H and O–H groups in total. The van der Waals surface area contributed by atoms with Crippen LogP contribution in [-0.4, -0.2) is 27.1 Å². The van der Waals surface area contributed by atoms with Gasteiger partial charge in [0.15, 0.2) is 0 Å². The Bertz CT molecular complexity index is 4760. The second-order valence-corrected chi connectivity index (χ2v) is 35.8. The zero-order valence-corrected chi connectivity index (χ0v) is 71.2. The Morgan fingerprint density at radius 1 is 0.195 bits per heavy atom. The van der Waals surface area contributed by atoms with Crippen molar-refractivity contribution in [2.75, 3.05) is 0 Å². The van der Waals surface area contributed by atoms with E-state index >= 15 is 0 Å². The summed E-state index contributed by atoms with van der Waals surface area (Å²) in [6.07, 6.45) is 7.20. The molecule has 2 aromatic heterocycles. The van der Waals surface area contributed by atoms with Crippen molar-refractivity contribution in [3.8, 4) is 33.4 Å². The normalized spacial score (nSPS) is 10.2. The predicted molar refractivity (Wildman–Crippen MR) is 516 cm³/mol. The SMILES string of the molecule is Brc1cccnc1.C.OB(O)c1ccccc1-c1ccccc1.[Pd].c1ccc(-c2ccccc2-c2cccnc2)cc1.c1ccc(P(c2ccccc2)c2ccccc2)cc1.c1ccc(P(c2ccccc2)c2ccccc2)cc1.c1ccc(P(c2ccccc2)c2ccccc2)cc1.c1ccc(P(c2ccccc2)c2ccccc2)cc1. The van der Waals surface area contributed by atoms with Gasteiger partial charge in [-0.15, -0.1) is 0 Å². The number of hydrogen-bond donors (Lipinski definition) is 2. The standard InChI is InChI=1S/4C18H15P.C17H13N.C12H11BO2.C5H4BrN.CH4.Pd/c4*1-4-10-16(11-5-1)19(17-12-6-2-7-13-17)18-14-8-3-9-15-18;1-2-7-14(8-3-1)16-10-4-5-11-17(16)15-9-6-12-18-13-15;14-13(15)12-9-5-4-8-11(12)10-6-2-1-3-7-10;6-5-2-1-3-7-4-5;;/h4*1-15H;1-13H;1-9,14-15H;1-4H;1H4;. The third-order valence-corrected chi connectivity index (χ3v) is 28.3. The van der Waals surface area contributed by atoms with Crippen LogP contribution in [-0.2, 0) is 20.4 Å². The van der Waals surface area contributed by atoms with Crippen LogP contribution in [0.5, 0.6) is 0 Å². The first kappa shape index (κ1) is 89.0. The minimum absolute atomic E-state index is 0. The van der Waals surface area contributed by atoms with E-state index in [0.29, 0.717) is 5.46 Å². The largest absolute Gasteiger partial charge is 0.489 e. The summed E-state index contributed by atoms with van der Waals surface area (Å²) < 4.78 is 1.02. The molecule has 0 fully saturated rings. The van der Waals surface area contributed by atoms with Gasteiger partial charge < -0.3 is 10.0 Å². The summed E-state index contributed by atoms with van der Waals surface area (Å²) in [5.41, 5.74) is 7.22. The van der Waals surface area contributed by atoms with Crippen molar-refractivity contribution < 1.29 is 30.5 Å². The Balaban J connectivity index is 0.000000146. The van der Waals surface area contributed by atoms with Gasteiger partial charge in [0.2, 0.25) is 0 Å². The van der Waals surface area contributed by atoms with E-state index in [1.165, 1.54) is 80.3 Å². The zero-order chi connectivity index (χ0) is 79.7. The molecule has 0 radical (unpaired) electrons. The van der Waals surface area contributed by atoms with Crippen LogP contribution in [0.25, 0.3) is 33.4 Å². The summed E-state index contributed by atoms with van der Waals surface area (Å²) in [5.74, 6) is 0. The van der Waals surface area contributed by atoms with Crippen molar-refractivity contribution in [2.24, 2.45) is 0 Å². The summed E-state index contributed by atoms with van der Waals surface area (Å²) in [6.45, 7) is 0. The molecule has 0 saturated heterocycles. The smallest absolute Gasteiger partial charge is 0.423 e. The number of pyridine rings is 2. The van der Waals surface area contributed by atoms with E-state index in [1.54, 1.807) is 30.7 Å². The Morgan fingerprint density at radius 3 is 0.568 bits per heavy atom. The van der Waals surface area contributed by atoms with Crippen molar-refractivity contribution in [3.63, 3.8) is 0 Å². The fraction of sp³-hybridized carbons (Fsp3) is 0.00935. The van der Waals surface area contributed by atoms with E-state index in [4.69, 9.17) is 0 Å². The van der Waals surface area contributed by atoms with E-state index < -0.39 is 38.8 Å². The van der Waals surface area contributed by atoms with Gasteiger partial charge >= 0.3 is 7.12 Å². The molecular weight excluding hydrogens is 1670 g/mol. The van der Waals surface area contributed by atoms with Crippen LogP contribution in [0.1, 0.15) is 7.43 Å². The second-order valence-electron chi connectivity index (χ2n) is 26.0. The topological polar surface area (TPSA) is 66.2 Å². The Kier molecular flexibility index (Phi) is 38.0. The van der Waals surface area contributed by atoms with Gasteiger partial charge in [-0.2, -0.15) is 0 Å². The maximum absolute atomic E-state index is 9.22. The molecule has 582 valence electrons. The molecule has 11 heteroatoms. The fourth-order valence-corrected chi connectivity index (χ4v) is 22.3. The zero-order valence-electron chi connectivity index (χ0n) is 64.5. The molecule has 18 rings (SSSR count). The molecule has 0 aliphatic rings. The first-order valence-electron chi connectivity index (χ1n) is 38.4. The molecule has 16 aromatic carbocycles. The van der Waals surface area contributed by atoms with E-state index in [1.807, 2.05) is 72.9 Å². The van der Waals surface area contributed by atoms with Gasteiger partial charge in [0.1, 0.15) is 0 Å². The van der Waals surface area contributed by atoms with E-state index in [2.05, 4.69) is 444 Å². The number of hydrogen-bond acceptors (Lipinski definition) is 4. The molecule has 0 atom stereocenters. The molecule has 0 saturated carbocycles. The molecule has 0 bridgehead atoms. The minimum Gasteiger partial charge on any atom is -0.423 e. The summed E-state index contributed by atoms with van der Waals surface area (Å²) in [7, 11) is -3.21.